The van der Waals surface area contributed by atoms with Gasteiger partial charge in [0.15, 0.2) is 0 Å². The molecule has 0 aliphatic heterocycles. The van der Waals surface area contributed by atoms with Crippen molar-refractivity contribution in [2.45, 2.75) is 19.4 Å². The molecule has 0 aliphatic rings. The van der Waals surface area contributed by atoms with Crippen LogP contribution in [0.4, 0.5) is 5.69 Å². The molecule has 1 aromatic carbocycles. The number of rotatable bonds is 4. The van der Waals surface area contributed by atoms with Crippen molar-refractivity contribution in [1.29, 1.82) is 0 Å². The predicted octanol–water partition coefficient (Wildman–Crippen LogP) is 2.71. The zero-order valence-electron chi connectivity index (χ0n) is 10.7. The summed E-state index contributed by atoms with van der Waals surface area (Å²) >= 11 is 0. The van der Waals surface area contributed by atoms with Gasteiger partial charge < -0.3 is 10.4 Å². The van der Waals surface area contributed by atoms with E-state index in [-0.39, 0.29) is 6.61 Å². The van der Waals surface area contributed by atoms with E-state index in [1.165, 1.54) is 5.56 Å². The molecule has 1 aromatic heterocycles. The molecular formula is C15H18N2O. The highest BCUT2D eigenvalue weighted by molar-refractivity contribution is 5.49. The molecule has 18 heavy (non-hydrogen) atoms. The number of aryl methyl sites for hydroxylation is 1. The summed E-state index contributed by atoms with van der Waals surface area (Å²) in [6.07, 6.45) is 3.51. The van der Waals surface area contributed by atoms with Crippen LogP contribution in [0.15, 0.2) is 48.8 Å². The van der Waals surface area contributed by atoms with Crippen LogP contribution in [0.3, 0.4) is 0 Å². The fourth-order valence-electron chi connectivity index (χ4n) is 1.93. The predicted molar refractivity (Wildman–Crippen MR) is 73.5 cm³/mol. The van der Waals surface area contributed by atoms with Crippen molar-refractivity contribution in [3.63, 3.8) is 0 Å². The van der Waals surface area contributed by atoms with Crippen LogP contribution in [0.1, 0.15) is 18.1 Å². The Morgan fingerprint density at radius 3 is 2.72 bits per heavy atom. The van der Waals surface area contributed by atoms with Crippen LogP contribution in [0.2, 0.25) is 0 Å². The highest BCUT2D eigenvalue weighted by Crippen LogP contribution is 2.25. The third kappa shape index (κ3) is 2.68. The van der Waals surface area contributed by atoms with Gasteiger partial charge in [-0.15, -0.1) is 0 Å². The molecule has 0 aliphatic carbocycles. The van der Waals surface area contributed by atoms with Gasteiger partial charge in [0.05, 0.1) is 12.1 Å². The van der Waals surface area contributed by atoms with E-state index in [4.69, 9.17) is 0 Å². The molecule has 1 unspecified atom stereocenters. The van der Waals surface area contributed by atoms with Gasteiger partial charge in [-0.05, 0) is 43.2 Å². The normalized spacial score (nSPS) is 13.9. The van der Waals surface area contributed by atoms with Crippen molar-refractivity contribution in [3.05, 3.63) is 59.9 Å². The highest BCUT2D eigenvalue weighted by atomic mass is 16.3. The van der Waals surface area contributed by atoms with Crippen LogP contribution < -0.4 is 5.32 Å². The van der Waals surface area contributed by atoms with Gasteiger partial charge in [0.1, 0.15) is 0 Å². The highest BCUT2D eigenvalue weighted by Gasteiger charge is 2.25. The standard InChI is InChI=1S/C15H18N2O/c1-12-5-3-7-14(9-12)17-15(2,11-18)13-6-4-8-16-10-13/h3-10,17-18H,11H2,1-2H3. The van der Waals surface area contributed by atoms with Crippen LogP contribution in [-0.4, -0.2) is 16.7 Å². The van der Waals surface area contributed by atoms with Crippen LogP contribution in [0, 0.1) is 6.92 Å². The SMILES string of the molecule is Cc1cccc(NC(C)(CO)c2cccnc2)c1. The first kappa shape index (κ1) is 12.6. The van der Waals surface area contributed by atoms with Gasteiger partial charge in [-0.25, -0.2) is 0 Å². The van der Waals surface area contributed by atoms with Crippen molar-refractivity contribution in [2.24, 2.45) is 0 Å². The zero-order chi connectivity index (χ0) is 13.0. The number of hydrogen-bond acceptors (Lipinski definition) is 3. The number of nitrogens with zero attached hydrogens (tertiary/aromatic N) is 1. The molecule has 1 heterocycles. The Bertz CT molecular complexity index is 513. The second kappa shape index (κ2) is 5.19. The van der Waals surface area contributed by atoms with E-state index in [1.54, 1.807) is 12.4 Å². The van der Waals surface area contributed by atoms with Gasteiger partial charge in [0, 0.05) is 18.1 Å². The van der Waals surface area contributed by atoms with E-state index < -0.39 is 5.54 Å². The molecule has 0 saturated carbocycles. The number of aliphatic hydroxyl groups is 1. The lowest BCUT2D eigenvalue weighted by molar-refractivity contribution is 0.224. The van der Waals surface area contributed by atoms with E-state index >= 15 is 0 Å². The maximum Gasteiger partial charge on any atom is 0.0843 e. The first-order valence-corrected chi connectivity index (χ1v) is 6.00. The molecule has 0 spiro atoms. The number of aromatic nitrogens is 1. The van der Waals surface area contributed by atoms with E-state index in [0.29, 0.717) is 0 Å². The second-order valence-electron chi connectivity index (χ2n) is 4.73. The Morgan fingerprint density at radius 1 is 1.28 bits per heavy atom. The van der Waals surface area contributed by atoms with Crippen molar-refractivity contribution in [2.75, 3.05) is 11.9 Å². The largest absolute Gasteiger partial charge is 0.394 e. The number of nitrogens with one attached hydrogen (secondary N) is 1. The second-order valence-corrected chi connectivity index (χ2v) is 4.73. The molecule has 0 saturated heterocycles. The molecule has 0 radical (unpaired) electrons. The lowest BCUT2D eigenvalue weighted by Crippen LogP contribution is -2.35. The number of benzene rings is 1. The van der Waals surface area contributed by atoms with Crippen molar-refractivity contribution >= 4 is 5.69 Å². The number of hydrogen-bond donors (Lipinski definition) is 2. The summed E-state index contributed by atoms with van der Waals surface area (Å²) in [4.78, 5) is 4.11. The quantitative estimate of drug-likeness (QED) is 0.866. The van der Waals surface area contributed by atoms with E-state index in [0.717, 1.165) is 11.3 Å². The minimum Gasteiger partial charge on any atom is -0.394 e. The molecule has 1 atom stereocenters. The topological polar surface area (TPSA) is 45.1 Å². The molecule has 2 N–H and O–H groups in total. The summed E-state index contributed by atoms with van der Waals surface area (Å²) in [5.41, 5.74) is 2.62. The molecule has 94 valence electrons. The number of aliphatic hydroxyl groups excluding tert-OH is 1. The summed E-state index contributed by atoms with van der Waals surface area (Å²) in [5, 5.41) is 13.1. The van der Waals surface area contributed by atoms with Crippen LogP contribution >= 0.6 is 0 Å². The molecule has 0 bridgehead atoms. The summed E-state index contributed by atoms with van der Waals surface area (Å²) in [6.45, 7) is 4.02. The Morgan fingerprint density at radius 2 is 2.11 bits per heavy atom. The maximum absolute atomic E-state index is 9.68. The Balaban J connectivity index is 2.29. The van der Waals surface area contributed by atoms with Crippen LogP contribution in [0.5, 0.6) is 0 Å². The number of anilines is 1. The van der Waals surface area contributed by atoms with Gasteiger partial charge >= 0.3 is 0 Å². The molecule has 3 nitrogen and oxygen atoms in total. The molecule has 2 rings (SSSR count). The Hall–Kier alpha value is -1.87. The zero-order valence-corrected chi connectivity index (χ0v) is 10.7. The smallest absolute Gasteiger partial charge is 0.0843 e. The van der Waals surface area contributed by atoms with Gasteiger partial charge in [-0.3, -0.25) is 4.98 Å². The number of pyridine rings is 1. The lowest BCUT2D eigenvalue weighted by atomic mass is 9.94. The Labute approximate surface area is 108 Å². The summed E-state index contributed by atoms with van der Waals surface area (Å²) < 4.78 is 0. The van der Waals surface area contributed by atoms with Gasteiger partial charge in [0.2, 0.25) is 0 Å². The van der Waals surface area contributed by atoms with Crippen molar-refractivity contribution < 1.29 is 5.11 Å². The fraction of sp³-hybridized carbons (Fsp3) is 0.267. The molecule has 0 amide bonds. The van der Waals surface area contributed by atoms with Gasteiger partial charge in [-0.1, -0.05) is 18.2 Å². The monoisotopic (exact) mass is 242 g/mol. The molecule has 3 heteroatoms. The maximum atomic E-state index is 9.68. The minimum atomic E-state index is -0.526. The summed E-state index contributed by atoms with van der Waals surface area (Å²) in [6, 6.07) is 11.9. The lowest BCUT2D eigenvalue weighted by Gasteiger charge is -2.30. The fourth-order valence-corrected chi connectivity index (χ4v) is 1.93. The first-order chi connectivity index (χ1) is 8.64. The van der Waals surface area contributed by atoms with E-state index in [9.17, 15) is 5.11 Å². The molecule has 2 aromatic rings. The van der Waals surface area contributed by atoms with Crippen LogP contribution in [-0.2, 0) is 5.54 Å². The van der Waals surface area contributed by atoms with Crippen molar-refractivity contribution in [3.8, 4) is 0 Å². The third-order valence-corrected chi connectivity index (χ3v) is 3.05. The first-order valence-electron chi connectivity index (χ1n) is 6.00. The summed E-state index contributed by atoms with van der Waals surface area (Å²) in [7, 11) is 0. The van der Waals surface area contributed by atoms with Gasteiger partial charge in [0.25, 0.3) is 0 Å². The summed E-state index contributed by atoms with van der Waals surface area (Å²) in [5.74, 6) is 0. The Kier molecular flexibility index (Phi) is 3.63. The minimum absolute atomic E-state index is 0.00658. The van der Waals surface area contributed by atoms with E-state index in [1.807, 2.05) is 44.2 Å². The van der Waals surface area contributed by atoms with E-state index in [2.05, 4.69) is 16.4 Å². The third-order valence-electron chi connectivity index (χ3n) is 3.05. The molecule has 0 fully saturated rings. The average Bonchev–Trinajstić information content (AvgIpc) is 2.39. The molecular weight excluding hydrogens is 224 g/mol. The van der Waals surface area contributed by atoms with Crippen LogP contribution in [0.25, 0.3) is 0 Å². The average molecular weight is 242 g/mol. The van der Waals surface area contributed by atoms with Gasteiger partial charge in [-0.2, -0.15) is 0 Å². The van der Waals surface area contributed by atoms with Crippen molar-refractivity contribution in [1.82, 2.24) is 4.98 Å².